The average molecular weight is 245 g/mol. The molecule has 3 aromatic rings. The number of hydrogen-bond acceptors (Lipinski definition) is 2. The van der Waals surface area contributed by atoms with Crippen molar-refractivity contribution < 1.29 is 9.21 Å². The smallest absolute Gasteiger partial charge is 0.163 e. The van der Waals surface area contributed by atoms with E-state index in [9.17, 15) is 4.79 Å². The first-order chi connectivity index (χ1) is 8.18. The molecule has 0 saturated carbocycles. The fraction of sp³-hybridized carbons (Fsp3) is 0.0714. The van der Waals surface area contributed by atoms with Crippen LogP contribution in [-0.4, -0.2) is 5.78 Å². The second-order valence-corrected chi connectivity index (χ2v) is 4.36. The van der Waals surface area contributed by atoms with E-state index < -0.39 is 0 Å². The van der Waals surface area contributed by atoms with Gasteiger partial charge in [-0.25, -0.2) is 0 Å². The number of fused-ring (bicyclic) bond motifs is 3. The zero-order valence-corrected chi connectivity index (χ0v) is 9.91. The van der Waals surface area contributed by atoms with Gasteiger partial charge in [-0.05, 0) is 19.1 Å². The molecular weight excluding hydrogens is 236 g/mol. The normalized spacial score (nSPS) is 11.2. The number of Topliss-reactive ketones (excluding diaryl/α,β-unsaturated/α-hetero) is 1. The molecule has 0 aliphatic rings. The number of benzene rings is 2. The number of ketones is 1. The fourth-order valence-electron chi connectivity index (χ4n) is 2.06. The highest BCUT2D eigenvalue weighted by Crippen LogP contribution is 2.34. The van der Waals surface area contributed by atoms with Gasteiger partial charge in [0.25, 0.3) is 0 Å². The molecule has 0 N–H and O–H groups in total. The Balaban J connectivity index is 2.55. The van der Waals surface area contributed by atoms with E-state index in [1.54, 1.807) is 12.1 Å². The van der Waals surface area contributed by atoms with Crippen LogP contribution in [-0.2, 0) is 0 Å². The minimum atomic E-state index is -0.00854. The highest BCUT2D eigenvalue weighted by Gasteiger charge is 2.14. The lowest BCUT2D eigenvalue weighted by Gasteiger charge is -1.95. The predicted octanol–water partition coefficient (Wildman–Crippen LogP) is 4.44. The molecule has 0 saturated heterocycles. The third-order valence-corrected chi connectivity index (χ3v) is 3.15. The molecule has 0 atom stereocenters. The van der Waals surface area contributed by atoms with Crippen molar-refractivity contribution in [1.29, 1.82) is 0 Å². The van der Waals surface area contributed by atoms with E-state index in [0.717, 1.165) is 10.8 Å². The Bertz CT molecular complexity index is 740. The number of hydrogen-bond donors (Lipinski definition) is 0. The first kappa shape index (κ1) is 10.4. The van der Waals surface area contributed by atoms with Gasteiger partial charge in [0, 0.05) is 10.8 Å². The first-order valence-electron chi connectivity index (χ1n) is 5.29. The van der Waals surface area contributed by atoms with Gasteiger partial charge in [0.1, 0.15) is 5.58 Å². The maximum atomic E-state index is 11.5. The van der Waals surface area contributed by atoms with Crippen LogP contribution in [0.15, 0.2) is 40.8 Å². The molecule has 0 amide bonds. The van der Waals surface area contributed by atoms with E-state index in [4.69, 9.17) is 16.0 Å². The zero-order chi connectivity index (χ0) is 12.0. The van der Waals surface area contributed by atoms with Gasteiger partial charge in [0.15, 0.2) is 11.4 Å². The molecule has 0 spiro atoms. The van der Waals surface area contributed by atoms with Crippen LogP contribution in [0.25, 0.3) is 21.9 Å². The fourth-order valence-corrected chi connectivity index (χ4v) is 2.28. The van der Waals surface area contributed by atoms with Gasteiger partial charge in [-0.15, -0.1) is 0 Å². The van der Waals surface area contributed by atoms with Crippen LogP contribution in [0.3, 0.4) is 0 Å². The lowest BCUT2D eigenvalue weighted by molar-refractivity contribution is 0.101. The van der Waals surface area contributed by atoms with E-state index >= 15 is 0 Å². The number of para-hydroxylation sites is 2. The number of carbonyl (C=O) groups is 1. The highest BCUT2D eigenvalue weighted by atomic mass is 35.5. The molecule has 1 heterocycles. The summed E-state index contributed by atoms with van der Waals surface area (Å²) in [4.78, 5) is 11.5. The maximum absolute atomic E-state index is 11.5. The highest BCUT2D eigenvalue weighted by molar-refractivity contribution is 6.36. The third-order valence-electron chi connectivity index (χ3n) is 2.86. The second-order valence-electron chi connectivity index (χ2n) is 3.96. The lowest BCUT2D eigenvalue weighted by atomic mass is 10.1. The number of halogens is 1. The van der Waals surface area contributed by atoms with Gasteiger partial charge >= 0.3 is 0 Å². The molecule has 3 heteroatoms. The molecule has 3 rings (SSSR count). The van der Waals surface area contributed by atoms with Crippen LogP contribution in [0.2, 0.25) is 5.02 Å². The lowest BCUT2D eigenvalue weighted by Crippen LogP contribution is -1.91. The minimum Gasteiger partial charge on any atom is -0.454 e. The van der Waals surface area contributed by atoms with Crippen molar-refractivity contribution >= 4 is 39.3 Å². The van der Waals surface area contributed by atoms with Crippen LogP contribution < -0.4 is 0 Å². The Morgan fingerprint density at radius 2 is 1.71 bits per heavy atom. The van der Waals surface area contributed by atoms with E-state index in [2.05, 4.69) is 0 Å². The Morgan fingerprint density at radius 3 is 2.41 bits per heavy atom. The summed E-state index contributed by atoms with van der Waals surface area (Å²) in [6.45, 7) is 1.53. The molecule has 0 bridgehead atoms. The Morgan fingerprint density at radius 1 is 1.06 bits per heavy atom. The van der Waals surface area contributed by atoms with Crippen molar-refractivity contribution in [2.75, 3.05) is 0 Å². The molecular formula is C14H9ClO2. The Kier molecular flexibility index (Phi) is 2.20. The van der Waals surface area contributed by atoms with Crippen LogP contribution in [0.4, 0.5) is 0 Å². The molecule has 0 unspecified atom stereocenters. The second kappa shape index (κ2) is 3.60. The monoisotopic (exact) mass is 244 g/mol. The quantitative estimate of drug-likeness (QED) is 0.593. The van der Waals surface area contributed by atoms with E-state index in [0.29, 0.717) is 21.8 Å². The molecule has 0 aliphatic heterocycles. The van der Waals surface area contributed by atoms with Gasteiger partial charge in [-0.3, -0.25) is 4.79 Å². The Hall–Kier alpha value is -1.80. The minimum absolute atomic E-state index is 0.00854. The molecule has 0 aliphatic carbocycles. The number of carbonyl (C=O) groups excluding carboxylic acids is 1. The van der Waals surface area contributed by atoms with Gasteiger partial charge in [0.05, 0.1) is 10.6 Å². The molecule has 1 aromatic heterocycles. The first-order valence-corrected chi connectivity index (χ1v) is 5.67. The largest absolute Gasteiger partial charge is 0.454 e. The summed E-state index contributed by atoms with van der Waals surface area (Å²) >= 11 is 6.08. The van der Waals surface area contributed by atoms with Crippen LogP contribution in [0.1, 0.15) is 17.3 Å². The molecule has 17 heavy (non-hydrogen) atoms. The van der Waals surface area contributed by atoms with Crippen LogP contribution in [0.5, 0.6) is 0 Å². The summed E-state index contributed by atoms with van der Waals surface area (Å²) in [6.07, 6.45) is 0. The SMILES string of the molecule is CC(=O)c1cccc2c1oc1c(Cl)cccc12. The zero-order valence-electron chi connectivity index (χ0n) is 9.16. The summed E-state index contributed by atoms with van der Waals surface area (Å²) < 4.78 is 5.72. The van der Waals surface area contributed by atoms with Gasteiger partial charge in [0.2, 0.25) is 0 Å². The number of rotatable bonds is 1. The Labute approximate surface area is 103 Å². The predicted molar refractivity (Wildman–Crippen MR) is 68.7 cm³/mol. The summed E-state index contributed by atoms with van der Waals surface area (Å²) in [5, 5.41) is 2.43. The van der Waals surface area contributed by atoms with Crippen molar-refractivity contribution in [2.45, 2.75) is 6.92 Å². The van der Waals surface area contributed by atoms with Crippen LogP contribution in [0, 0.1) is 0 Å². The standard InChI is InChI=1S/C14H9ClO2/c1-8(16)9-4-2-5-10-11-6-3-7-12(15)14(11)17-13(9)10/h2-7H,1H3. The maximum Gasteiger partial charge on any atom is 0.163 e. The van der Waals surface area contributed by atoms with Crippen molar-refractivity contribution in [2.24, 2.45) is 0 Å². The molecule has 2 aromatic carbocycles. The van der Waals surface area contributed by atoms with Crippen molar-refractivity contribution in [3.05, 3.63) is 47.0 Å². The van der Waals surface area contributed by atoms with Crippen molar-refractivity contribution in [3.63, 3.8) is 0 Å². The summed E-state index contributed by atoms with van der Waals surface area (Å²) in [5.74, 6) is -0.00854. The van der Waals surface area contributed by atoms with Crippen LogP contribution >= 0.6 is 11.6 Å². The van der Waals surface area contributed by atoms with Crippen molar-refractivity contribution in [3.8, 4) is 0 Å². The number of furan rings is 1. The topological polar surface area (TPSA) is 30.2 Å². The van der Waals surface area contributed by atoms with Crippen molar-refractivity contribution in [1.82, 2.24) is 0 Å². The molecule has 2 nitrogen and oxygen atoms in total. The van der Waals surface area contributed by atoms with Gasteiger partial charge < -0.3 is 4.42 Å². The third kappa shape index (κ3) is 1.45. The van der Waals surface area contributed by atoms with E-state index in [-0.39, 0.29) is 5.78 Å². The summed E-state index contributed by atoms with van der Waals surface area (Å²) in [6, 6.07) is 11.1. The van der Waals surface area contributed by atoms with Gasteiger partial charge in [-0.1, -0.05) is 35.9 Å². The van der Waals surface area contributed by atoms with Gasteiger partial charge in [-0.2, -0.15) is 0 Å². The summed E-state index contributed by atoms with van der Waals surface area (Å²) in [5.41, 5.74) is 1.84. The molecule has 0 radical (unpaired) electrons. The van der Waals surface area contributed by atoms with E-state index in [1.807, 2.05) is 24.3 Å². The summed E-state index contributed by atoms with van der Waals surface area (Å²) in [7, 11) is 0. The molecule has 84 valence electrons. The molecule has 0 fully saturated rings. The average Bonchev–Trinajstić information content (AvgIpc) is 2.69. The van der Waals surface area contributed by atoms with E-state index in [1.165, 1.54) is 6.92 Å².